The summed E-state index contributed by atoms with van der Waals surface area (Å²) >= 11 is 0. The average Bonchev–Trinajstić information content (AvgIpc) is 3.12. The smallest absolute Gasteiger partial charge is 0.303 e. The van der Waals surface area contributed by atoms with Gasteiger partial charge in [0.1, 0.15) is 5.75 Å². The number of carboxylic acid groups (broad SMARTS) is 1. The second-order valence-corrected chi connectivity index (χ2v) is 10.3. The SMILES string of the molecule is CCCCCCCCCCCCCCCCCCn1c(C)c(CCC(=O)O)c2cc(OC)ccc21. The van der Waals surface area contributed by atoms with Gasteiger partial charge in [-0.25, -0.2) is 0 Å². The molecule has 0 aliphatic carbocycles. The van der Waals surface area contributed by atoms with Crippen molar-refractivity contribution in [3.8, 4) is 5.75 Å². The summed E-state index contributed by atoms with van der Waals surface area (Å²) in [6.45, 7) is 5.42. The Morgan fingerprint density at radius 1 is 0.829 bits per heavy atom. The van der Waals surface area contributed by atoms with Crippen LogP contribution in [0.1, 0.15) is 127 Å². The average molecular weight is 486 g/mol. The molecule has 2 aromatic rings. The maximum atomic E-state index is 11.2. The molecule has 0 saturated carbocycles. The van der Waals surface area contributed by atoms with Gasteiger partial charge in [-0.2, -0.15) is 0 Å². The van der Waals surface area contributed by atoms with Crippen LogP contribution in [0, 0.1) is 6.92 Å². The van der Waals surface area contributed by atoms with Crippen molar-refractivity contribution >= 4 is 16.9 Å². The van der Waals surface area contributed by atoms with Crippen LogP contribution in [0.2, 0.25) is 0 Å². The van der Waals surface area contributed by atoms with Crippen molar-refractivity contribution in [1.82, 2.24) is 4.57 Å². The molecule has 4 nitrogen and oxygen atoms in total. The highest BCUT2D eigenvalue weighted by Gasteiger charge is 2.15. The first-order chi connectivity index (χ1) is 17.1. The minimum atomic E-state index is -0.744. The van der Waals surface area contributed by atoms with Crippen molar-refractivity contribution in [2.75, 3.05) is 7.11 Å². The van der Waals surface area contributed by atoms with Gasteiger partial charge in [0.25, 0.3) is 0 Å². The zero-order valence-corrected chi connectivity index (χ0v) is 22.9. The number of rotatable bonds is 21. The lowest BCUT2D eigenvalue weighted by molar-refractivity contribution is -0.136. The van der Waals surface area contributed by atoms with Gasteiger partial charge in [0, 0.05) is 29.6 Å². The van der Waals surface area contributed by atoms with Crippen molar-refractivity contribution in [2.45, 2.75) is 136 Å². The maximum Gasteiger partial charge on any atom is 0.303 e. The summed E-state index contributed by atoms with van der Waals surface area (Å²) in [5.41, 5.74) is 3.55. The molecule has 1 aromatic heterocycles. The Balaban J connectivity index is 1.62. The molecular weight excluding hydrogens is 434 g/mol. The number of hydrogen-bond acceptors (Lipinski definition) is 2. The Bertz CT molecular complexity index is 855. The first kappa shape index (κ1) is 29.3. The van der Waals surface area contributed by atoms with Gasteiger partial charge in [0.05, 0.1) is 7.11 Å². The Morgan fingerprint density at radius 3 is 1.83 bits per heavy atom. The molecule has 0 amide bonds. The van der Waals surface area contributed by atoms with E-state index in [4.69, 9.17) is 4.74 Å². The van der Waals surface area contributed by atoms with Crippen molar-refractivity contribution in [1.29, 1.82) is 0 Å². The second kappa shape index (κ2) is 17.5. The number of ether oxygens (including phenoxy) is 1. The fraction of sp³-hybridized carbons (Fsp3) is 0.710. The standard InChI is InChI=1S/C31H51NO3/c1-4-5-6-7-8-9-10-11-12-13-14-15-16-17-18-19-24-32-26(2)28(21-23-31(33)34)29-25-27(35-3)20-22-30(29)32/h20,22,25H,4-19,21,23-24H2,1-3H3,(H,33,34). The third kappa shape index (κ3) is 10.7. The van der Waals surface area contributed by atoms with E-state index in [1.165, 1.54) is 114 Å². The van der Waals surface area contributed by atoms with E-state index < -0.39 is 5.97 Å². The Kier molecular flexibility index (Phi) is 14.6. The molecule has 0 atom stereocenters. The van der Waals surface area contributed by atoms with Crippen LogP contribution in [0.3, 0.4) is 0 Å². The Morgan fingerprint density at radius 2 is 1.34 bits per heavy atom. The fourth-order valence-electron chi connectivity index (χ4n) is 5.31. The van der Waals surface area contributed by atoms with Crippen LogP contribution in [0.5, 0.6) is 5.75 Å². The summed E-state index contributed by atoms with van der Waals surface area (Å²) in [6, 6.07) is 6.19. The van der Waals surface area contributed by atoms with E-state index in [0.29, 0.717) is 6.42 Å². The van der Waals surface area contributed by atoms with Gasteiger partial charge in [0.2, 0.25) is 0 Å². The molecule has 1 aromatic carbocycles. The van der Waals surface area contributed by atoms with Crippen LogP contribution in [0.25, 0.3) is 10.9 Å². The number of aryl methyl sites for hydroxylation is 2. The Labute approximate surface area is 214 Å². The fourth-order valence-corrected chi connectivity index (χ4v) is 5.31. The highest BCUT2D eigenvalue weighted by molar-refractivity contribution is 5.87. The largest absolute Gasteiger partial charge is 0.497 e. The summed E-state index contributed by atoms with van der Waals surface area (Å²) < 4.78 is 7.81. The number of benzene rings is 1. The molecule has 0 aliphatic heterocycles. The predicted octanol–water partition coefficient (Wildman–Crippen LogP) is 9.24. The van der Waals surface area contributed by atoms with Gasteiger partial charge in [-0.3, -0.25) is 4.79 Å². The lowest BCUT2D eigenvalue weighted by atomic mass is 10.0. The molecule has 1 heterocycles. The Hall–Kier alpha value is -1.97. The molecular formula is C31H51NO3. The van der Waals surface area contributed by atoms with Gasteiger partial charge in [-0.1, -0.05) is 103 Å². The number of nitrogens with zero attached hydrogens (tertiary/aromatic N) is 1. The number of fused-ring (bicyclic) bond motifs is 1. The van der Waals surface area contributed by atoms with Gasteiger partial charge >= 0.3 is 5.97 Å². The summed E-state index contributed by atoms with van der Waals surface area (Å²) in [6.07, 6.45) is 22.8. The molecule has 0 unspecified atom stereocenters. The lowest BCUT2D eigenvalue weighted by Gasteiger charge is -2.09. The normalized spacial score (nSPS) is 11.4. The van der Waals surface area contributed by atoms with Crippen molar-refractivity contribution in [3.05, 3.63) is 29.5 Å². The van der Waals surface area contributed by atoms with Gasteiger partial charge < -0.3 is 14.4 Å². The molecule has 0 fully saturated rings. The van der Waals surface area contributed by atoms with Crippen molar-refractivity contribution < 1.29 is 14.6 Å². The number of carbonyl (C=O) groups is 1. The molecule has 198 valence electrons. The molecule has 35 heavy (non-hydrogen) atoms. The lowest BCUT2D eigenvalue weighted by Crippen LogP contribution is -2.02. The number of methoxy groups -OCH3 is 1. The molecule has 0 spiro atoms. The molecule has 1 N–H and O–H groups in total. The van der Waals surface area contributed by atoms with E-state index in [-0.39, 0.29) is 6.42 Å². The molecule has 2 rings (SSSR count). The zero-order chi connectivity index (χ0) is 25.3. The van der Waals surface area contributed by atoms with Crippen LogP contribution >= 0.6 is 0 Å². The van der Waals surface area contributed by atoms with E-state index in [0.717, 1.165) is 23.2 Å². The van der Waals surface area contributed by atoms with Crippen molar-refractivity contribution in [2.24, 2.45) is 0 Å². The van der Waals surface area contributed by atoms with E-state index in [2.05, 4.69) is 30.5 Å². The van der Waals surface area contributed by atoms with Gasteiger partial charge in [-0.15, -0.1) is 0 Å². The first-order valence-corrected chi connectivity index (χ1v) is 14.5. The topological polar surface area (TPSA) is 51.5 Å². The highest BCUT2D eigenvalue weighted by atomic mass is 16.5. The van der Waals surface area contributed by atoms with Gasteiger partial charge in [-0.05, 0) is 43.5 Å². The van der Waals surface area contributed by atoms with Crippen molar-refractivity contribution in [3.63, 3.8) is 0 Å². The summed E-state index contributed by atoms with van der Waals surface area (Å²) in [5.74, 6) is 0.0830. The summed E-state index contributed by atoms with van der Waals surface area (Å²) in [4.78, 5) is 11.2. The molecule has 4 heteroatoms. The minimum absolute atomic E-state index is 0.163. The van der Waals surface area contributed by atoms with Gasteiger partial charge in [0.15, 0.2) is 0 Å². The van der Waals surface area contributed by atoms with E-state index >= 15 is 0 Å². The van der Waals surface area contributed by atoms with Crippen LogP contribution in [0.4, 0.5) is 0 Å². The number of aromatic nitrogens is 1. The highest BCUT2D eigenvalue weighted by Crippen LogP contribution is 2.31. The van der Waals surface area contributed by atoms with E-state index in [9.17, 15) is 9.90 Å². The number of carboxylic acids is 1. The third-order valence-electron chi connectivity index (χ3n) is 7.49. The molecule has 0 saturated heterocycles. The monoisotopic (exact) mass is 485 g/mol. The number of unbranched alkanes of at least 4 members (excludes halogenated alkanes) is 15. The van der Waals surface area contributed by atoms with Crippen LogP contribution < -0.4 is 4.74 Å². The van der Waals surface area contributed by atoms with Crippen LogP contribution in [0.15, 0.2) is 18.2 Å². The zero-order valence-electron chi connectivity index (χ0n) is 22.9. The van der Waals surface area contributed by atoms with E-state index in [1.54, 1.807) is 7.11 Å². The quantitative estimate of drug-likeness (QED) is 0.179. The first-order valence-electron chi connectivity index (χ1n) is 14.5. The summed E-state index contributed by atoms with van der Waals surface area (Å²) in [7, 11) is 1.68. The predicted molar refractivity (Wildman–Crippen MR) is 149 cm³/mol. The minimum Gasteiger partial charge on any atom is -0.497 e. The number of aliphatic carboxylic acids is 1. The van der Waals surface area contributed by atoms with Crippen LogP contribution in [-0.4, -0.2) is 22.8 Å². The summed E-state index contributed by atoms with van der Waals surface area (Å²) in [5, 5.41) is 10.3. The molecule has 0 radical (unpaired) electrons. The number of hydrogen-bond donors (Lipinski definition) is 1. The second-order valence-electron chi connectivity index (χ2n) is 10.3. The van der Waals surface area contributed by atoms with Crippen LogP contribution in [-0.2, 0) is 17.8 Å². The maximum absolute atomic E-state index is 11.2. The molecule has 0 bridgehead atoms. The molecule has 0 aliphatic rings. The van der Waals surface area contributed by atoms with E-state index in [1.807, 2.05) is 6.07 Å². The third-order valence-corrected chi connectivity index (χ3v) is 7.49.